The predicted molar refractivity (Wildman–Crippen MR) is 87.3 cm³/mol. The summed E-state index contributed by atoms with van der Waals surface area (Å²) in [7, 11) is -3.60. The SMILES string of the molecule is Cc1ccc(S(=O)(=O)N/N=C\C2(c3ccccc3)CC2)cc1. The Labute approximate surface area is 130 Å². The van der Waals surface area contributed by atoms with Crippen molar-refractivity contribution in [2.45, 2.75) is 30.1 Å². The van der Waals surface area contributed by atoms with Crippen molar-refractivity contribution in [2.24, 2.45) is 5.10 Å². The molecule has 0 aliphatic heterocycles. The number of hydrogen-bond donors (Lipinski definition) is 1. The number of benzene rings is 2. The van der Waals surface area contributed by atoms with Gasteiger partial charge in [0.1, 0.15) is 0 Å². The lowest BCUT2D eigenvalue weighted by atomic mass is 9.98. The van der Waals surface area contributed by atoms with E-state index in [1.54, 1.807) is 30.5 Å². The van der Waals surface area contributed by atoms with Gasteiger partial charge in [-0.05, 0) is 37.5 Å². The summed E-state index contributed by atoms with van der Waals surface area (Å²) in [6.07, 6.45) is 3.70. The van der Waals surface area contributed by atoms with Gasteiger partial charge in [-0.15, -0.1) is 0 Å². The van der Waals surface area contributed by atoms with Gasteiger partial charge in [-0.2, -0.15) is 13.5 Å². The Kier molecular flexibility index (Phi) is 3.74. The summed E-state index contributed by atoms with van der Waals surface area (Å²) >= 11 is 0. The van der Waals surface area contributed by atoms with Crippen molar-refractivity contribution in [1.82, 2.24) is 4.83 Å². The van der Waals surface area contributed by atoms with Crippen LogP contribution in [0.25, 0.3) is 0 Å². The number of aryl methyl sites for hydroxylation is 1. The second-order valence-corrected chi connectivity index (χ2v) is 7.35. The molecule has 3 rings (SSSR count). The molecule has 0 saturated heterocycles. The maximum absolute atomic E-state index is 12.2. The Morgan fingerprint density at radius 1 is 1.05 bits per heavy atom. The standard InChI is InChI=1S/C17H18N2O2S/c1-14-7-9-16(10-8-14)22(20,21)19-18-13-17(11-12-17)15-5-3-2-4-6-15/h2-10,13,19H,11-12H2,1H3/b18-13-. The zero-order chi connectivity index (χ0) is 15.6. The van der Waals surface area contributed by atoms with Crippen LogP contribution in [-0.2, 0) is 15.4 Å². The first kappa shape index (κ1) is 14.8. The molecule has 0 amide bonds. The van der Waals surface area contributed by atoms with Crippen molar-refractivity contribution in [3.8, 4) is 0 Å². The van der Waals surface area contributed by atoms with E-state index in [9.17, 15) is 8.42 Å². The fraction of sp³-hybridized carbons (Fsp3) is 0.235. The van der Waals surface area contributed by atoms with Gasteiger partial charge in [0.05, 0.1) is 4.90 Å². The van der Waals surface area contributed by atoms with Crippen molar-refractivity contribution in [2.75, 3.05) is 0 Å². The molecule has 0 atom stereocenters. The van der Waals surface area contributed by atoms with Gasteiger partial charge in [0.2, 0.25) is 0 Å². The highest BCUT2D eigenvalue weighted by atomic mass is 32.2. The van der Waals surface area contributed by atoms with Gasteiger partial charge >= 0.3 is 0 Å². The molecule has 0 heterocycles. The lowest BCUT2D eigenvalue weighted by Crippen LogP contribution is -2.20. The molecule has 5 heteroatoms. The van der Waals surface area contributed by atoms with Gasteiger partial charge in [-0.3, -0.25) is 0 Å². The highest BCUT2D eigenvalue weighted by Gasteiger charge is 2.42. The summed E-state index contributed by atoms with van der Waals surface area (Å²) in [5.41, 5.74) is 2.08. The molecule has 0 radical (unpaired) electrons. The molecule has 114 valence electrons. The van der Waals surface area contributed by atoms with Crippen molar-refractivity contribution in [3.05, 3.63) is 65.7 Å². The molecule has 0 aromatic heterocycles. The van der Waals surface area contributed by atoms with Gasteiger partial charge in [0.15, 0.2) is 0 Å². The third-order valence-corrected chi connectivity index (χ3v) is 5.19. The van der Waals surface area contributed by atoms with Crippen molar-refractivity contribution < 1.29 is 8.42 Å². The van der Waals surface area contributed by atoms with Crippen molar-refractivity contribution >= 4 is 16.2 Å². The molecule has 1 aliphatic carbocycles. The molecule has 22 heavy (non-hydrogen) atoms. The average Bonchev–Trinajstić information content (AvgIpc) is 3.29. The largest absolute Gasteiger partial charge is 0.276 e. The van der Waals surface area contributed by atoms with E-state index in [1.807, 2.05) is 37.3 Å². The first-order valence-electron chi connectivity index (χ1n) is 7.20. The van der Waals surface area contributed by atoms with E-state index in [0.29, 0.717) is 0 Å². The van der Waals surface area contributed by atoms with E-state index < -0.39 is 10.0 Å². The number of hydrogen-bond acceptors (Lipinski definition) is 3. The van der Waals surface area contributed by atoms with E-state index in [1.165, 1.54) is 5.56 Å². The van der Waals surface area contributed by atoms with Crippen LogP contribution < -0.4 is 4.83 Å². The molecular weight excluding hydrogens is 296 g/mol. The Balaban J connectivity index is 1.73. The Morgan fingerprint density at radius 3 is 2.27 bits per heavy atom. The van der Waals surface area contributed by atoms with E-state index >= 15 is 0 Å². The molecule has 1 fully saturated rings. The van der Waals surface area contributed by atoms with Crippen LogP contribution in [0.5, 0.6) is 0 Å². The lowest BCUT2D eigenvalue weighted by molar-refractivity contribution is 0.584. The van der Waals surface area contributed by atoms with Gasteiger partial charge in [0.25, 0.3) is 10.0 Å². The van der Waals surface area contributed by atoms with Gasteiger partial charge in [0, 0.05) is 11.6 Å². The Morgan fingerprint density at radius 2 is 1.68 bits per heavy atom. The minimum Gasteiger partial charge on any atom is -0.200 e. The summed E-state index contributed by atoms with van der Waals surface area (Å²) in [5.74, 6) is 0. The zero-order valence-electron chi connectivity index (χ0n) is 12.4. The number of nitrogens with zero attached hydrogens (tertiary/aromatic N) is 1. The van der Waals surface area contributed by atoms with E-state index in [4.69, 9.17) is 0 Å². The first-order valence-corrected chi connectivity index (χ1v) is 8.68. The van der Waals surface area contributed by atoms with Crippen LogP contribution in [0.1, 0.15) is 24.0 Å². The molecule has 2 aromatic rings. The highest BCUT2D eigenvalue weighted by molar-refractivity contribution is 7.89. The fourth-order valence-electron chi connectivity index (χ4n) is 2.39. The third kappa shape index (κ3) is 3.04. The van der Waals surface area contributed by atoms with Crippen LogP contribution in [0, 0.1) is 6.92 Å². The second kappa shape index (κ2) is 5.57. The lowest BCUT2D eigenvalue weighted by Gasteiger charge is -2.09. The highest BCUT2D eigenvalue weighted by Crippen LogP contribution is 2.46. The molecular formula is C17H18N2O2S. The molecule has 2 aromatic carbocycles. The van der Waals surface area contributed by atoms with Crippen LogP contribution >= 0.6 is 0 Å². The summed E-state index contributed by atoms with van der Waals surface area (Å²) in [4.78, 5) is 2.52. The summed E-state index contributed by atoms with van der Waals surface area (Å²) in [5, 5.41) is 3.99. The maximum atomic E-state index is 12.2. The minimum absolute atomic E-state index is 0.114. The normalized spacial score (nSPS) is 16.6. The van der Waals surface area contributed by atoms with E-state index in [-0.39, 0.29) is 10.3 Å². The van der Waals surface area contributed by atoms with Gasteiger partial charge in [-0.1, -0.05) is 48.0 Å². The van der Waals surface area contributed by atoms with Crippen LogP contribution in [0.4, 0.5) is 0 Å². The van der Waals surface area contributed by atoms with Gasteiger partial charge in [-0.25, -0.2) is 4.83 Å². The van der Waals surface area contributed by atoms with Crippen molar-refractivity contribution in [3.63, 3.8) is 0 Å². The molecule has 0 bridgehead atoms. The average molecular weight is 314 g/mol. The molecule has 0 unspecified atom stereocenters. The van der Waals surface area contributed by atoms with Crippen LogP contribution in [0.2, 0.25) is 0 Å². The minimum atomic E-state index is -3.60. The van der Waals surface area contributed by atoms with Gasteiger partial charge < -0.3 is 0 Å². The summed E-state index contributed by atoms with van der Waals surface area (Å²) in [6, 6.07) is 16.7. The van der Waals surface area contributed by atoms with Crippen LogP contribution in [0.15, 0.2) is 64.6 Å². The number of hydrazone groups is 1. The Bertz CT molecular complexity index is 777. The van der Waals surface area contributed by atoms with E-state index in [0.717, 1.165) is 18.4 Å². The number of nitrogens with one attached hydrogen (secondary N) is 1. The summed E-state index contributed by atoms with van der Waals surface area (Å²) < 4.78 is 24.3. The topological polar surface area (TPSA) is 58.5 Å². The van der Waals surface area contributed by atoms with Crippen molar-refractivity contribution in [1.29, 1.82) is 0 Å². The smallest absolute Gasteiger partial charge is 0.200 e. The maximum Gasteiger partial charge on any atom is 0.276 e. The zero-order valence-corrected chi connectivity index (χ0v) is 13.2. The van der Waals surface area contributed by atoms with E-state index in [2.05, 4.69) is 9.93 Å². The number of sulfonamides is 1. The first-order chi connectivity index (χ1) is 10.5. The number of rotatable bonds is 5. The monoisotopic (exact) mass is 314 g/mol. The molecule has 1 saturated carbocycles. The third-order valence-electron chi connectivity index (χ3n) is 3.95. The van der Waals surface area contributed by atoms with Crippen LogP contribution in [0.3, 0.4) is 0 Å². The quantitative estimate of drug-likeness (QED) is 0.681. The summed E-state index contributed by atoms with van der Waals surface area (Å²) in [6.45, 7) is 1.92. The predicted octanol–water partition coefficient (Wildman–Crippen LogP) is 2.99. The molecule has 1 aliphatic rings. The van der Waals surface area contributed by atoms with Crippen LogP contribution in [-0.4, -0.2) is 14.6 Å². The fourth-order valence-corrected chi connectivity index (χ4v) is 3.18. The Hall–Kier alpha value is -2.14. The molecule has 1 N–H and O–H groups in total. The molecule has 4 nitrogen and oxygen atoms in total. The second-order valence-electron chi connectivity index (χ2n) is 5.69. The molecule has 0 spiro atoms.